The first kappa shape index (κ1) is 15.5. The standard InChI is InChI=1S/C16H17FN2O4/c1-3-18-5-10-12(17)4-9-13-15(10)23-7-8(2)19(13)6-11(14(9)20)16(21)22/h4,6,8,18H,3,5,7H2,1-2H3,(H,21,22)/t8-/m0/s1. The summed E-state index contributed by atoms with van der Waals surface area (Å²) >= 11 is 0. The minimum absolute atomic E-state index is 0.0317. The van der Waals surface area contributed by atoms with Gasteiger partial charge in [0.15, 0.2) is 5.75 Å². The highest BCUT2D eigenvalue weighted by atomic mass is 19.1. The molecule has 2 heterocycles. The van der Waals surface area contributed by atoms with Crippen molar-refractivity contribution in [1.29, 1.82) is 0 Å². The van der Waals surface area contributed by atoms with E-state index in [0.29, 0.717) is 23.4 Å². The molecule has 0 fully saturated rings. The predicted octanol–water partition coefficient (Wildman–Crippen LogP) is 1.90. The van der Waals surface area contributed by atoms with Crippen LogP contribution >= 0.6 is 0 Å². The Morgan fingerprint density at radius 2 is 2.30 bits per heavy atom. The summed E-state index contributed by atoms with van der Waals surface area (Å²) in [6, 6.07) is 0.958. The SMILES string of the molecule is CCNCc1c(F)cc2c(=O)c(C(=O)O)cn3c2c1OC[C@@H]3C. The van der Waals surface area contributed by atoms with E-state index in [1.165, 1.54) is 6.20 Å². The molecular formula is C16H17FN2O4. The van der Waals surface area contributed by atoms with Crippen molar-refractivity contribution in [2.75, 3.05) is 13.2 Å². The van der Waals surface area contributed by atoms with Crippen molar-refractivity contribution in [3.63, 3.8) is 0 Å². The van der Waals surface area contributed by atoms with Crippen molar-refractivity contribution in [3.05, 3.63) is 39.4 Å². The Kier molecular flexibility index (Phi) is 3.81. The van der Waals surface area contributed by atoms with Gasteiger partial charge in [-0.15, -0.1) is 0 Å². The molecule has 23 heavy (non-hydrogen) atoms. The number of halogens is 1. The molecule has 0 amide bonds. The normalized spacial score (nSPS) is 16.4. The van der Waals surface area contributed by atoms with Crippen LogP contribution in [0.2, 0.25) is 0 Å². The zero-order valence-corrected chi connectivity index (χ0v) is 12.9. The van der Waals surface area contributed by atoms with Gasteiger partial charge < -0.3 is 19.7 Å². The summed E-state index contributed by atoms with van der Waals surface area (Å²) in [6.07, 6.45) is 1.32. The molecule has 2 N–H and O–H groups in total. The van der Waals surface area contributed by atoms with Crippen LogP contribution in [0.4, 0.5) is 4.39 Å². The molecule has 0 radical (unpaired) electrons. The topological polar surface area (TPSA) is 80.6 Å². The molecule has 2 aromatic rings. The van der Waals surface area contributed by atoms with Crippen LogP contribution < -0.4 is 15.5 Å². The second-order valence-corrected chi connectivity index (χ2v) is 5.59. The number of pyridine rings is 1. The number of carbonyl (C=O) groups is 1. The Morgan fingerprint density at radius 1 is 1.57 bits per heavy atom. The van der Waals surface area contributed by atoms with Crippen molar-refractivity contribution >= 4 is 16.9 Å². The molecule has 1 aliphatic heterocycles. The van der Waals surface area contributed by atoms with Gasteiger partial charge in [0, 0.05) is 18.3 Å². The number of carboxylic acids is 1. The van der Waals surface area contributed by atoms with Crippen molar-refractivity contribution in [2.24, 2.45) is 0 Å². The second-order valence-electron chi connectivity index (χ2n) is 5.59. The van der Waals surface area contributed by atoms with Crippen LogP contribution in [0.25, 0.3) is 10.9 Å². The van der Waals surface area contributed by atoms with Crippen LogP contribution in [0.5, 0.6) is 5.75 Å². The van der Waals surface area contributed by atoms with Crippen LogP contribution in [0.15, 0.2) is 17.1 Å². The average Bonchev–Trinajstić information content (AvgIpc) is 2.51. The highest BCUT2D eigenvalue weighted by Gasteiger charge is 2.27. The summed E-state index contributed by atoms with van der Waals surface area (Å²) in [6.45, 7) is 4.98. The lowest BCUT2D eigenvalue weighted by atomic mass is 10.0. The lowest BCUT2D eigenvalue weighted by Crippen LogP contribution is -2.28. The fourth-order valence-electron chi connectivity index (χ4n) is 2.85. The quantitative estimate of drug-likeness (QED) is 0.899. The number of hydrogen-bond acceptors (Lipinski definition) is 4. The minimum atomic E-state index is -1.32. The molecule has 6 nitrogen and oxygen atoms in total. The summed E-state index contributed by atoms with van der Waals surface area (Å²) in [4.78, 5) is 23.7. The maximum Gasteiger partial charge on any atom is 0.341 e. The number of nitrogens with zero attached hydrogens (tertiary/aromatic N) is 1. The summed E-state index contributed by atoms with van der Waals surface area (Å²) in [7, 11) is 0. The van der Waals surface area contributed by atoms with E-state index in [-0.39, 0.29) is 30.1 Å². The highest BCUT2D eigenvalue weighted by molar-refractivity contribution is 5.95. The summed E-state index contributed by atoms with van der Waals surface area (Å²) in [5.74, 6) is -1.58. The van der Waals surface area contributed by atoms with Crippen LogP contribution in [0, 0.1) is 5.82 Å². The molecule has 122 valence electrons. The number of benzene rings is 1. The molecule has 0 saturated carbocycles. The summed E-state index contributed by atoms with van der Waals surface area (Å²) < 4.78 is 21.8. The van der Waals surface area contributed by atoms with E-state index in [1.807, 2.05) is 13.8 Å². The molecule has 1 atom stereocenters. The largest absolute Gasteiger partial charge is 0.489 e. The van der Waals surface area contributed by atoms with Gasteiger partial charge in [-0.2, -0.15) is 0 Å². The molecule has 1 aromatic carbocycles. The van der Waals surface area contributed by atoms with E-state index < -0.39 is 17.2 Å². The fraction of sp³-hybridized carbons (Fsp3) is 0.375. The Labute approximate surface area is 131 Å². The van der Waals surface area contributed by atoms with Gasteiger partial charge in [0.1, 0.15) is 18.0 Å². The average molecular weight is 320 g/mol. The smallest absolute Gasteiger partial charge is 0.341 e. The van der Waals surface area contributed by atoms with Crippen molar-refractivity contribution in [2.45, 2.75) is 26.4 Å². The van der Waals surface area contributed by atoms with Crippen molar-refractivity contribution in [3.8, 4) is 5.75 Å². The maximum absolute atomic E-state index is 14.4. The molecule has 0 spiro atoms. The van der Waals surface area contributed by atoms with Gasteiger partial charge in [0.05, 0.1) is 16.9 Å². The molecule has 0 saturated heterocycles. The first-order valence-corrected chi connectivity index (χ1v) is 7.42. The number of ether oxygens (including phenoxy) is 1. The highest BCUT2D eigenvalue weighted by Crippen LogP contribution is 2.36. The molecule has 7 heteroatoms. The third kappa shape index (κ3) is 2.37. The van der Waals surface area contributed by atoms with Crippen molar-refractivity contribution in [1.82, 2.24) is 9.88 Å². The van der Waals surface area contributed by atoms with Crippen molar-refractivity contribution < 1.29 is 19.0 Å². The van der Waals surface area contributed by atoms with E-state index in [4.69, 9.17) is 4.74 Å². The minimum Gasteiger partial charge on any atom is -0.489 e. The number of rotatable bonds is 4. The molecule has 0 aliphatic carbocycles. The third-order valence-electron chi connectivity index (χ3n) is 4.05. The van der Waals surface area contributed by atoms with Crippen LogP contribution in [-0.2, 0) is 6.54 Å². The van der Waals surface area contributed by atoms with Gasteiger partial charge in [-0.3, -0.25) is 4.79 Å². The lowest BCUT2D eigenvalue weighted by Gasteiger charge is -2.28. The molecule has 1 aromatic heterocycles. The first-order chi connectivity index (χ1) is 11.0. The number of hydrogen-bond donors (Lipinski definition) is 2. The number of aromatic nitrogens is 1. The van der Waals surface area contributed by atoms with Gasteiger partial charge in [-0.1, -0.05) is 6.92 Å². The molecule has 0 unspecified atom stereocenters. The lowest BCUT2D eigenvalue weighted by molar-refractivity contribution is 0.0694. The third-order valence-corrected chi connectivity index (χ3v) is 4.05. The van der Waals surface area contributed by atoms with Gasteiger partial charge in [-0.05, 0) is 19.5 Å². The second kappa shape index (κ2) is 5.66. The van der Waals surface area contributed by atoms with Gasteiger partial charge in [-0.25, -0.2) is 9.18 Å². The summed E-state index contributed by atoms with van der Waals surface area (Å²) in [5.41, 5.74) is -0.261. The number of nitrogens with one attached hydrogen (secondary N) is 1. The first-order valence-electron chi connectivity index (χ1n) is 7.42. The molecular weight excluding hydrogens is 303 g/mol. The van der Waals surface area contributed by atoms with Crippen LogP contribution in [0.1, 0.15) is 35.8 Å². The molecule has 3 rings (SSSR count). The Balaban J connectivity index is 2.40. The fourth-order valence-corrected chi connectivity index (χ4v) is 2.85. The van der Waals surface area contributed by atoms with E-state index in [9.17, 15) is 19.1 Å². The van der Waals surface area contributed by atoms with Crippen LogP contribution in [-0.4, -0.2) is 28.8 Å². The van der Waals surface area contributed by atoms with Gasteiger partial charge >= 0.3 is 5.97 Å². The Morgan fingerprint density at radius 3 is 2.96 bits per heavy atom. The van der Waals surface area contributed by atoms with E-state index in [0.717, 1.165) is 6.07 Å². The van der Waals surface area contributed by atoms with Gasteiger partial charge in [0.25, 0.3) is 0 Å². The van der Waals surface area contributed by atoms with E-state index >= 15 is 0 Å². The molecule has 1 aliphatic rings. The molecule has 0 bridgehead atoms. The van der Waals surface area contributed by atoms with Gasteiger partial charge in [0.2, 0.25) is 5.43 Å². The maximum atomic E-state index is 14.4. The van der Waals surface area contributed by atoms with Crippen LogP contribution in [0.3, 0.4) is 0 Å². The van der Waals surface area contributed by atoms with E-state index in [2.05, 4.69) is 5.32 Å². The van der Waals surface area contributed by atoms with E-state index in [1.54, 1.807) is 4.57 Å². The Bertz CT molecular complexity index is 860. The number of carboxylic acid groups (broad SMARTS) is 1. The summed E-state index contributed by atoms with van der Waals surface area (Å²) in [5, 5.41) is 12.3. The number of aromatic carboxylic acids is 1. The monoisotopic (exact) mass is 320 g/mol. The zero-order valence-electron chi connectivity index (χ0n) is 12.9. The Hall–Kier alpha value is -2.41. The zero-order chi connectivity index (χ0) is 16.7. The predicted molar refractivity (Wildman–Crippen MR) is 82.7 cm³/mol.